The molecule has 0 saturated carbocycles. The van der Waals surface area contributed by atoms with Crippen molar-refractivity contribution >= 4 is 21.1 Å². The number of rotatable bonds is 5. The lowest BCUT2D eigenvalue weighted by Gasteiger charge is -2.37. The maximum Gasteiger partial charge on any atom is 0.320 e. The van der Waals surface area contributed by atoms with E-state index in [1.165, 1.54) is 28.6 Å². The van der Waals surface area contributed by atoms with E-state index in [4.69, 9.17) is 5.26 Å². The number of aromatic nitrogens is 2. The number of benzene rings is 2. The smallest absolute Gasteiger partial charge is 0.291 e. The molecule has 3 aromatic rings. The Hall–Kier alpha value is -2.87. The van der Waals surface area contributed by atoms with E-state index in [-0.39, 0.29) is 23.8 Å². The van der Waals surface area contributed by atoms with Crippen molar-refractivity contribution in [3.8, 4) is 6.07 Å². The van der Waals surface area contributed by atoms with Crippen LogP contribution in [0.25, 0.3) is 11.0 Å². The average Bonchev–Trinajstić information content (AvgIpc) is 3.18. The van der Waals surface area contributed by atoms with Gasteiger partial charge in [0.05, 0.1) is 33.6 Å². The van der Waals surface area contributed by atoms with Gasteiger partial charge in [0.2, 0.25) is 10.0 Å². The first kappa shape index (κ1) is 21.4. The Morgan fingerprint density at radius 2 is 1.68 bits per heavy atom. The normalized spacial score (nSPS) is 17.1. The van der Waals surface area contributed by atoms with Crippen molar-refractivity contribution < 1.29 is 17.2 Å². The molecule has 0 aliphatic carbocycles. The predicted molar refractivity (Wildman–Crippen MR) is 111 cm³/mol. The van der Waals surface area contributed by atoms with Gasteiger partial charge in [-0.3, -0.25) is 9.47 Å². The highest BCUT2D eigenvalue weighted by atomic mass is 32.2. The fourth-order valence-corrected chi connectivity index (χ4v) is 5.33. The number of halogens is 2. The zero-order valence-corrected chi connectivity index (χ0v) is 17.6. The number of imidazole rings is 1. The van der Waals surface area contributed by atoms with Gasteiger partial charge in [0.15, 0.2) is 0 Å². The van der Waals surface area contributed by atoms with E-state index in [1.807, 2.05) is 17.9 Å². The van der Waals surface area contributed by atoms with Gasteiger partial charge in [-0.1, -0.05) is 12.1 Å². The molecule has 1 aliphatic rings. The van der Waals surface area contributed by atoms with Crippen LogP contribution >= 0.6 is 0 Å². The van der Waals surface area contributed by atoms with E-state index < -0.39 is 22.6 Å². The third-order valence-electron chi connectivity index (χ3n) is 5.63. The average molecular weight is 445 g/mol. The van der Waals surface area contributed by atoms with E-state index >= 15 is 0 Å². The second-order valence-corrected chi connectivity index (χ2v) is 9.30. The minimum absolute atomic E-state index is 0.132. The van der Waals surface area contributed by atoms with Crippen molar-refractivity contribution in [2.24, 2.45) is 0 Å². The first-order chi connectivity index (χ1) is 14.8. The summed E-state index contributed by atoms with van der Waals surface area (Å²) in [5, 5.41) is 8.89. The van der Waals surface area contributed by atoms with Crippen LogP contribution in [0.15, 0.2) is 53.4 Å². The number of sulfonamides is 1. The molecule has 0 N–H and O–H groups in total. The topological polar surface area (TPSA) is 82.2 Å². The van der Waals surface area contributed by atoms with Gasteiger partial charge in [-0.15, -0.1) is 0 Å². The first-order valence-electron chi connectivity index (χ1n) is 9.82. The monoisotopic (exact) mass is 445 g/mol. The number of fused-ring (bicyclic) bond motifs is 1. The lowest BCUT2D eigenvalue weighted by Crippen LogP contribution is -2.49. The predicted octanol–water partition coefficient (Wildman–Crippen LogP) is 3.37. The second-order valence-electron chi connectivity index (χ2n) is 7.36. The van der Waals surface area contributed by atoms with Gasteiger partial charge in [-0.2, -0.15) is 18.3 Å². The van der Waals surface area contributed by atoms with Crippen molar-refractivity contribution in [1.82, 2.24) is 18.8 Å². The largest absolute Gasteiger partial charge is 0.320 e. The van der Waals surface area contributed by atoms with Gasteiger partial charge >= 0.3 is 6.55 Å². The van der Waals surface area contributed by atoms with E-state index in [0.29, 0.717) is 29.7 Å². The number of nitriles is 1. The Kier molecular flexibility index (Phi) is 5.75. The van der Waals surface area contributed by atoms with Crippen molar-refractivity contribution in [3.05, 3.63) is 59.9 Å². The van der Waals surface area contributed by atoms with Gasteiger partial charge in [0.25, 0.3) is 0 Å². The molecule has 1 atom stereocenters. The molecular formula is C21H21F2N5O2S. The lowest BCUT2D eigenvalue weighted by molar-refractivity contribution is 0.0616. The summed E-state index contributed by atoms with van der Waals surface area (Å²) in [7, 11) is -3.69. The zero-order chi connectivity index (χ0) is 22.2. The summed E-state index contributed by atoms with van der Waals surface area (Å²) in [5.41, 5.74) is 1.27. The van der Waals surface area contributed by atoms with E-state index in [9.17, 15) is 17.2 Å². The highest BCUT2D eigenvalue weighted by molar-refractivity contribution is 7.89. The number of hydrogen-bond donors (Lipinski definition) is 0. The van der Waals surface area contributed by atoms with Crippen LogP contribution in [0.5, 0.6) is 0 Å². The highest BCUT2D eigenvalue weighted by Gasteiger charge is 2.32. The van der Waals surface area contributed by atoms with Crippen LogP contribution in [0.2, 0.25) is 0 Å². The maximum atomic E-state index is 13.8. The molecule has 1 saturated heterocycles. The highest BCUT2D eigenvalue weighted by Crippen LogP contribution is 2.30. The summed E-state index contributed by atoms with van der Waals surface area (Å²) in [6, 6.07) is 14.1. The Labute approximate surface area is 179 Å². The minimum atomic E-state index is -3.69. The molecule has 10 heteroatoms. The molecule has 1 fully saturated rings. The van der Waals surface area contributed by atoms with Crippen molar-refractivity contribution in [2.45, 2.75) is 24.4 Å². The molecule has 7 nitrogen and oxygen atoms in total. The molecule has 31 heavy (non-hydrogen) atoms. The molecular weight excluding hydrogens is 424 g/mol. The molecule has 0 spiro atoms. The standard InChI is InChI=1S/C21H21F2N5O2S/c1-15(20-25-18-4-2-3-5-19(18)28(20)21(22)23)26-10-12-27(13-11-26)31(29,30)17-8-6-16(14-24)7-9-17/h2-9,15,21H,10-13H2,1H3. The van der Waals surface area contributed by atoms with Crippen LogP contribution in [0.3, 0.4) is 0 Å². The molecule has 2 aromatic carbocycles. The quantitative estimate of drug-likeness (QED) is 0.601. The summed E-state index contributed by atoms with van der Waals surface area (Å²) < 4.78 is 55.7. The number of nitrogens with zero attached hydrogens (tertiary/aromatic N) is 5. The van der Waals surface area contributed by atoms with Crippen LogP contribution in [0.1, 0.15) is 30.9 Å². The number of piperazine rings is 1. The van der Waals surface area contributed by atoms with Gasteiger partial charge in [0.1, 0.15) is 5.82 Å². The zero-order valence-electron chi connectivity index (χ0n) is 16.8. The Morgan fingerprint density at radius 1 is 1.03 bits per heavy atom. The third kappa shape index (κ3) is 3.92. The van der Waals surface area contributed by atoms with Gasteiger partial charge in [-0.25, -0.2) is 13.4 Å². The molecule has 4 rings (SSSR count). The van der Waals surface area contributed by atoms with Crippen molar-refractivity contribution in [3.63, 3.8) is 0 Å². The van der Waals surface area contributed by atoms with Gasteiger partial charge in [-0.05, 0) is 43.3 Å². The van der Waals surface area contributed by atoms with E-state index in [2.05, 4.69) is 4.98 Å². The van der Waals surface area contributed by atoms with Gasteiger partial charge < -0.3 is 0 Å². The fraction of sp³-hybridized carbons (Fsp3) is 0.333. The number of alkyl halides is 2. The molecule has 2 heterocycles. The Bertz CT molecular complexity index is 1230. The van der Waals surface area contributed by atoms with Crippen LogP contribution in [0, 0.1) is 11.3 Å². The molecule has 162 valence electrons. The summed E-state index contributed by atoms with van der Waals surface area (Å²) in [6.07, 6.45) is 0. The molecule has 1 aromatic heterocycles. The van der Waals surface area contributed by atoms with Crippen LogP contribution in [-0.2, 0) is 10.0 Å². The first-order valence-corrected chi connectivity index (χ1v) is 11.3. The molecule has 0 amide bonds. The van der Waals surface area contributed by atoms with Crippen molar-refractivity contribution in [2.75, 3.05) is 26.2 Å². The lowest BCUT2D eigenvalue weighted by atomic mass is 10.2. The summed E-state index contributed by atoms with van der Waals surface area (Å²) >= 11 is 0. The molecule has 1 unspecified atom stereocenters. The molecule has 1 aliphatic heterocycles. The summed E-state index contributed by atoms with van der Waals surface area (Å²) in [4.78, 5) is 6.52. The minimum Gasteiger partial charge on any atom is -0.291 e. The van der Waals surface area contributed by atoms with Crippen LogP contribution in [-0.4, -0.2) is 53.4 Å². The van der Waals surface area contributed by atoms with Gasteiger partial charge in [0, 0.05) is 26.2 Å². The van der Waals surface area contributed by atoms with Crippen LogP contribution in [0.4, 0.5) is 8.78 Å². The molecule has 0 radical (unpaired) electrons. The van der Waals surface area contributed by atoms with E-state index in [0.717, 1.165) is 4.57 Å². The SMILES string of the molecule is CC(c1nc2ccccc2n1C(F)F)N1CCN(S(=O)(=O)c2ccc(C#N)cc2)CC1. The fourth-order valence-electron chi connectivity index (χ4n) is 3.91. The number of para-hydroxylation sites is 2. The molecule has 0 bridgehead atoms. The Balaban J connectivity index is 1.52. The Morgan fingerprint density at radius 3 is 2.29 bits per heavy atom. The van der Waals surface area contributed by atoms with E-state index in [1.54, 1.807) is 24.3 Å². The third-order valence-corrected chi connectivity index (χ3v) is 7.55. The van der Waals surface area contributed by atoms with Crippen LogP contribution < -0.4 is 0 Å². The number of hydrogen-bond acceptors (Lipinski definition) is 5. The van der Waals surface area contributed by atoms with Crippen molar-refractivity contribution in [1.29, 1.82) is 5.26 Å². The summed E-state index contributed by atoms with van der Waals surface area (Å²) in [5.74, 6) is 0.264. The second kappa shape index (κ2) is 8.34. The maximum absolute atomic E-state index is 13.8. The summed E-state index contributed by atoms with van der Waals surface area (Å²) in [6.45, 7) is 0.350.